The fourth-order valence-corrected chi connectivity index (χ4v) is 5.12. The standard InChI is InChI=1S/C23H29BN2/c1-12-13(2)17(6)22-20(16(12)5)19-15(4)14(3)18(7)23-21(19)24(26(22)9)10-11-25(23)8/h10-11H,1-9H3. The minimum atomic E-state index is 0.307. The Morgan fingerprint density at radius 1 is 0.615 bits per heavy atom. The van der Waals surface area contributed by atoms with Crippen molar-refractivity contribution in [2.75, 3.05) is 23.8 Å². The molecule has 2 aromatic rings. The molecule has 0 saturated heterocycles. The molecule has 0 bridgehead atoms. The van der Waals surface area contributed by atoms with E-state index in [4.69, 9.17) is 0 Å². The predicted octanol–water partition coefficient (Wildman–Crippen LogP) is 4.66. The van der Waals surface area contributed by atoms with Crippen LogP contribution in [0.2, 0.25) is 0 Å². The Hall–Kier alpha value is -2.16. The van der Waals surface area contributed by atoms with Crippen LogP contribution in [0.1, 0.15) is 38.9 Å². The Kier molecular flexibility index (Phi) is 3.60. The van der Waals surface area contributed by atoms with Crippen molar-refractivity contribution in [1.82, 2.24) is 0 Å². The molecular weight excluding hydrogens is 315 g/mol. The molecule has 2 aliphatic rings. The lowest BCUT2D eigenvalue weighted by Crippen LogP contribution is -2.53. The molecule has 0 fully saturated rings. The van der Waals surface area contributed by atoms with Gasteiger partial charge in [-0.05, 0) is 112 Å². The van der Waals surface area contributed by atoms with Gasteiger partial charge in [-0.2, -0.15) is 0 Å². The van der Waals surface area contributed by atoms with E-state index < -0.39 is 0 Å². The Labute approximate surface area is 158 Å². The van der Waals surface area contributed by atoms with Crippen molar-refractivity contribution in [1.29, 1.82) is 0 Å². The van der Waals surface area contributed by atoms with E-state index in [2.05, 4.69) is 84.4 Å². The second-order valence-corrected chi connectivity index (χ2v) is 8.24. The summed E-state index contributed by atoms with van der Waals surface area (Å²) in [6, 6.07) is 0. The smallest absolute Gasteiger partial charge is 0.320 e. The van der Waals surface area contributed by atoms with Crippen molar-refractivity contribution in [3.63, 3.8) is 0 Å². The number of fused-ring (bicyclic) bond motifs is 2. The fraction of sp³-hybridized carbons (Fsp3) is 0.391. The van der Waals surface area contributed by atoms with Gasteiger partial charge in [0, 0.05) is 24.0 Å². The van der Waals surface area contributed by atoms with Gasteiger partial charge in [-0.3, -0.25) is 0 Å². The summed E-state index contributed by atoms with van der Waals surface area (Å²) in [5.41, 5.74) is 17.2. The van der Waals surface area contributed by atoms with Gasteiger partial charge in [0.25, 0.3) is 0 Å². The van der Waals surface area contributed by atoms with Crippen LogP contribution in [0.25, 0.3) is 11.1 Å². The van der Waals surface area contributed by atoms with Crippen molar-refractivity contribution in [3.8, 4) is 11.1 Å². The molecule has 0 unspecified atom stereocenters. The summed E-state index contributed by atoms with van der Waals surface area (Å²) in [6.45, 7) is 16.3. The molecule has 2 nitrogen and oxygen atoms in total. The lowest BCUT2D eigenvalue weighted by atomic mass is 9.47. The van der Waals surface area contributed by atoms with E-state index in [0.717, 1.165) is 0 Å². The van der Waals surface area contributed by atoms with Gasteiger partial charge in [-0.1, -0.05) is 5.98 Å². The quantitative estimate of drug-likeness (QED) is 0.641. The maximum Gasteiger partial charge on any atom is 0.320 e. The van der Waals surface area contributed by atoms with E-state index in [0.29, 0.717) is 6.85 Å². The zero-order valence-electron chi connectivity index (χ0n) is 17.6. The third kappa shape index (κ3) is 1.89. The molecule has 0 aliphatic carbocycles. The van der Waals surface area contributed by atoms with Crippen molar-refractivity contribution in [2.45, 2.75) is 48.5 Å². The predicted molar refractivity (Wildman–Crippen MR) is 116 cm³/mol. The summed E-state index contributed by atoms with van der Waals surface area (Å²) in [7, 11) is 4.44. The van der Waals surface area contributed by atoms with Crippen LogP contribution in [0.4, 0.5) is 11.4 Å². The van der Waals surface area contributed by atoms with Gasteiger partial charge in [-0.15, -0.1) is 0 Å². The van der Waals surface area contributed by atoms with Crippen LogP contribution in [0.3, 0.4) is 0 Å². The molecule has 134 valence electrons. The summed E-state index contributed by atoms with van der Waals surface area (Å²) in [5.74, 6) is 2.35. The normalized spacial score (nSPS) is 14.7. The van der Waals surface area contributed by atoms with Crippen LogP contribution < -0.4 is 15.2 Å². The Balaban J connectivity index is 2.26. The van der Waals surface area contributed by atoms with Crippen molar-refractivity contribution in [2.24, 2.45) is 0 Å². The second kappa shape index (κ2) is 5.42. The Morgan fingerprint density at radius 3 is 1.77 bits per heavy atom. The molecule has 2 aromatic carbocycles. The molecule has 0 amide bonds. The molecule has 26 heavy (non-hydrogen) atoms. The second-order valence-electron chi connectivity index (χ2n) is 8.24. The average molecular weight is 344 g/mol. The maximum absolute atomic E-state index is 2.49. The van der Waals surface area contributed by atoms with Crippen LogP contribution in [-0.4, -0.2) is 20.9 Å². The highest BCUT2D eigenvalue weighted by atomic mass is 15.1. The van der Waals surface area contributed by atoms with E-state index in [1.165, 1.54) is 66.9 Å². The van der Waals surface area contributed by atoms with Gasteiger partial charge < -0.3 is 9.71 Å². The third-order valence-electron chi connectivity index (χ3n) is 7.19. The minimum absolute atomic E-state index is 0.307. The van der Waals surface area contributed by atoms with E-state index in [1.54, 1.807) is 0 Å². The first kappa shape index (κ1) is 17.3. The number of rotatable bonds is 0. The molecule has 0 atom stereocenters. The highest BCUT2D eigenvalue weighted by Gasteiger charge is 2.40. The lowest BCUT2D eigenvalue weighted by Gasteiger charge is -2.43. The molecule has 0 N–H and O–H groups in total. The molecule has 0 saturated carbocycles. The molecule has 3 heteroatoms. The number of anilines is 2. The number of hydrogen-bond donors (Lipinski definition) is 0. The van der Waals surface area contributed by atoms with Gasteiger partial charge >= 0.3 is 6.85 Å². The van der Waals surface area contributed by atoms with Crippen molar-refractivity contribution >= 4 is 23.7 Å². The van der Waals surface area contributed by atoms with Gasteiger partial charge in [0.05, 0.1) is 0 Å². The maximum atomic E-state index is 2.49. The SMILES string of the molecule is Cc1c(C)c(C)c2c(c1C)-c1c(C)c(C)c(C)c3c1B(C=CN3C)N2C. The zero-order chi connectivity index (χ0) is 19.1. The first-order chi connectivity index (χ1) is 12.2. The van der Waals surface area contributed by atoms with Gasteiger partial charge in [0.2, 0.25) is 0 Å². The topological polar surface area (TPSA) is 6.48 Å². The monoisotopic (exact) mass is 344 g/mol. The van der Waals surface area contributed by atoms with Crippen molar-refractivity contribution < 1.29 is 0 Å². The minimum Gasteiger partial charge on any atom is -0.409 e. The van der Waals surface area contributed by atoms with E-state index in [-0.39, 0.29) is 0 Å². The van der Waals surface area contributed by atoms with Gasteiger partial charge in [0.1, 0.15) is 0 Å². The largest absolute Gasteiger partial charge is 0.409 e. The molecule has 0 spiro atoms. The van der Waals surface area contributed by atoms with E-state index in [1.807, 2.05) is 0 Å². The number of hydrogen-bond acceptors (Lipinski definition) is 2. The summed E-state index contributed by atoms with van der Waals surface area (Å²) >= 11 is 0. The zero-order valence-corrected chi connectivity index (χ0v) is 17.6. The number of benzene rings is 2. The van der Waals surface area contributed by atoms with Crippen molar-refractivity contribution in [3.05, 3.63) is 51.1 Å². The van der Waals surface area contributed by atoms with Crippen LogP contribution >= 0.6 is 0 Å². The van der Waals surface area contributed by atoms with Crippen LogP contribution in [0, 0.1) is 48.5 Å². The average Bonchev–Trinajstić information content (AvgIpc) is 2.61. The van der Waals surface area contributed by atoms with E-state index >= 15 is 0 Å². The lowest BCUT2D eigenvalue weighted by molar-refractivity contribution is 1.12. The summed E-state index contributed by atoms with van der Waals surface area (Å²) in [5, 5.41) is 0. The van der Waals surface area contributed by atoms with Crippen LogP contribution in [0.15, 0.2) is 12.2 Å². The molecular formula is C23H29BN2. The van der Waals surface area contributed by atoms with Gasteiger partial charge in [0.15, 0.2) is 0 Å². The summed E-state index contributed by atoms with van der Waals surface area (Å²) in [4.78, 5) is 4.80. The molecule has 0 aromatic heterocycles. The van der Waals surface area contributed by atoms with Gasteiger partial charge in [-0.25, -0.2) is 0 Å². The highest BCUT2D eigenvalue weighted by Crippen LogP contribution is 2.47. The summed E-state index contributed by atoms with van der Waals surface area (Å²) in [6.07, 6.45) is 2.24. The molecule has 2 heterocycles. The molecule has 0 radical (unpaired) electrons. The highest BCUT2D eigenvalue weighted by molar-refractivity contribution is 6.85. The first-order valence-electron chi connectivity index (χ1n) is 9.56. The third-order valence-corrected chi connectivity index (χ3v) is 7.19. The molecule has 4 rings (SSSR count). The number of nitrogens with zero attached hydrogens (tertiary/aromatic N) is 2. The van der Waals surface area contributed by atoms with Crippen LogP contribution in [0.5, 0.6) is 0 Å². The van der Waals surface area contributed by atoms with Crippen LogP contribution in [-0.2, 0) is 0 Å². The fourth-order valence-electron chi connectivity index (χ4n) is 5.12. The molecule has 2 aliphatic heterocycles. The van der Waals surface area contributed by atoms with E-state index in [9.17, 15) is 0 Å². The first-order valence-corrected chi connectivity index (χ1v) is 9.56. The Bertz CT molecular complexity index is 1000. The Morgan fingerprint density at radius 2 is 1.12 bits per heavy atom. The summed E-state index contributed by atoms with van der Waals surface area (Å²) < 4.78 is 0.